The highest BCUT2D eigenvalue weighted by Crippen LogP contribution is 2.16. The molecular weight excluding hydrogens is 228 g/mol. The lowest BCUT2D eigenvalue weighted by molar-refractivity contribution is 0.157. The van der Waals surface area contributed by atoms with Crippen molar-refractivity contribution in [3.8, 4) is 0 Å². The average Bonchev–Trinajstić information content (AvgIpc) is 2.86. The van der Waals surface area contributed by atoms with Crippen LogP contribution in [0.2, 0.25) is 0 Å². The molecule has 0 aromatic heterocycles. The number of aliphatic hydroxyl groups excluding tert-OH is 1. The molecule has 1 aliphatic rings. The van der Waals surface area contributed by atoms with E-state index < -0.39 is 0 Å². The summed E-state index contributed by atoms with van der Waals surface area (Å²) in [7, 11) is 0. The van der Waals surface area contributed by atoms with Crippen LogP contribution in [0.15, 0.2) is 24.3 Å². The summed E-state index contributed by atoms with van der Waals surface area (Å²) in [6.45, 7) is 3.37. The molecule has 2 N–H and O–H groups in total. The monoisotopic (exact) mass is 248 g/mol. The molecular formula is C14H20N2O2. The molecule has 2 rings (SSSR count). The molecule has 98 valence electrons. The van der Waals surface area contributed by atoms with E-state index in [9.17, 15) is 9.90 Å². The summed E-state index contributed by atoms with van der Waals surface area (Å²) in [5.74, 6) is 0. The Morgan fingerprint density at radius 3 is 2.83 bits per heavy atom. The van der Waals surface area contributed by atoms with Gasteiger partial charge in [0, 0.05) is 13.1 Å². The maximum absolute atomic E-state index is 12.0. The van der Waals surface area contributed by atoms with Gasteiger partial charge in [-0.05, 0) is 25.3 Å². The van der Waals surface area contributed by atoms with Crippen molar-refractivity contribution >= 4 is 6.03 Å². The van der Waals surface area contributed by atoms with Crippen LogP contribution >= 0.6 is 0 Å². The zero-order valence-electron chi connectivity index (χ0n) is 10.7. The molecule has 0 spiro atoms. The summed E-state index contributed by atoms with van der Waals surface area (Å²) < 4.78 is 0. The summed E-state index contributed by atoms with van der Waals surface area (Å²) in [6, 6.07) is 8.02. The first-order valence-corrected chi connectivity index (χ1v) is 6.41. The summed E-state index contributed by atoms with van der Waals surface area (Å²) in [4.78, 5) is 13.7. The van der Waals surface area contributed by atoms with Crippen LogP contribution in [0.25, 0.3) is 0 Å². The molecule has 4 nitrogen and oxygen atoms in total. The van der Waals surface area contributed by atoms with Crippen molar-refractivity contribution in [2.24, 2.45) is 0 Å². The lowest BCUT2D eigenvalue weighted by Crippen LogP contribution is -2.43. The second-order valence-corrected chi connectivity index (χ2v) is 4.82. The van der Waals surface area contributed by atoms with Crippen molar-refractivity contribution in [1.29, 1.82) is 0 Å². The van der Waals surface area contributed by atoms with Gasteiger partial charge in [-0.25, -0.2) is 4.79 Å². The van der Waals surface area contributed by atoms with Crippen molar-refractivity contribution < 1.29 is 9.90 Å². The summed E-state index contributed by atoms with van der Waals surface area (Å²) >= 11 is 0. The van der Waals surface area contributed by atoms with Crippen LogP contribution in [0.3, 0.4) is 0 Å². The van der Waals surface area contributed by atoms with Gasteiger partial charge in [0.25, 0.3) is 0 Å². The van der Waals surface area contributed by atoms with Crippen molar-refractivity contribution in [2.45, 2.75) is 32.4 Å². The molecule has 4 heteroatoms. The number of urea groups is 1. The Hall–Kier alpha value is -1.55. The molecule has 1 aromatic carbocycles. The zero-order valence-corrected chi connectivity index (χ0v) is 10.7. The number of rotatable bonds is 3. The van der Waals surface area contributed by atoms with Crippen molar-refractivity contribution in [3.05, 3.63) is 35.4 Å². The normalized spacial score (nSPS) is 19.0. The third-order valence-corrected chi connectivity index (χ3v) is 3.41. The fourth-order valence-corrected chi connectivity index (χ4v) is 2.28. The predicted molar refractivity (Wildman–Crippen MR) is 70.2 cm³/mol. The molecule has 0 aliphatic carbocycles. The van der Waals surface area contributed by atoms with Gasteiger partial charge in [0.15, 0.2) is 0 Å². The van der Waals surface area contributed by atoms with Gasteiger partial charge < -0.3 is 15.3 Å². The number of carbonyl (C=O) groups is 1. The van der Waals surface area contributed by atoms with E-state index in [0.29, 0.717) is 6.54 Å². The van der Waals surface area contributed by atoms with E-state index in [0.717, 1.165) is 24.9 Å². The van der Waals surface area contributed by atoms with Gasteiger partial charge in [-0.3, -0.25) is 0 Å². The molecule has 0 saturated carbocycles. The van der Waals surface area contributed by atoms with Gasteiger partial charge in [-0.2, -0.15) is 0 Å². The van der Waals surface area contributed by atoms with Crippen LogP contribution in [0, 0.1) is 6.92 Å². The topological polar surface area (TPSA) is 52.6 Å². The van der Waals surface area contributed by atoms with E-state index >= 15 is 0 Å². The van der Waals surface area contributed by atoms with E-state index in [1.807, 2.05) is 31.2 Å². The molecule has 1 aliphatic heterocycles. The highest BCUT2D eigenvalue weighted by atomic mass is 16.3. The predicted octanol–water partition coefficient (Wildman–Crippen LogP) is 1.66. The molecule has 1 fully saturated rings. The third-order valence-electron chi connectivity index (χ3n) is 3.41. The maximum atomic E-state index is 12.0. The van der Waals surface area contributed by atoms with Gasteiger partial charge >= 0.3 is 6.03 Å². The molecule has 1 heterocycles. The first kappa shape index (κ1) is 12.9. The van der Waals surface area contributed by atoms with Crippen LogP contribution in [0.4, 0.5) is 4.79 Å². The number of nitrogens with one attached hydrogen (secondary N) is 1. The fraction of sp³-hybridized carbons (Fsp3) is 0.500. The van der Waals surface area contributed by atoms with E-state index in [2.05, 4.69) is 5.32 Å². The van der Waals surface area contributed by atoms with Gasteiger partial charge in [-0.15, -0.1) is 0 Å². The number of hydrogen-bond donors (Lipinski definition) is 2. The number of hydrogen-bond acceptors (Lipinski definition) is 2. The van der Waals surface area contributed by atoms with Crippen LogP contribution in [0.1, 0.15) is 24.0 Å². The number of amides is 2. The summed E-state index contributed by atoms with van der Waals surface area (Å²) in [5.41, 5.74) is 2.30. The van der Waals surface area contributed by atoms with E-state index in [1.165, 1.54) is 5.56 Å². The number of benzene rings is 1. The molecule has 0 bridgehead atoms. The Labute approximate surface area is 108 Å². The first-order chi connectivity index (χ1) is 8.70. The Morgan fingerprint density at radius 2 is 2.17 bits per heavy atom. The van der Waals surface area contributed by atoms with Crippen LogP contribution in [-0.4, -0.2) is 35.2 Å². The Kier molecular flexibility index (Phi) is 4.20. The lowest BCUT2D eigenvalue weighted by atomic mass is 10.1. The number of likely N-dealkylation sites (tertiary alicyclic amines) is 1. The van der Waals surface area contributed by atoms with E-state index in [4.69, 9.17) is 0 Å². The Morgan fingerprint density at radius 1 is 1.44 bits per heavy atom. The largest absolute Gasteiger partial charge is 0.394 e. The molecule has 1 atom stereocenters. The van der Waals surface area contributed by atoms with Crippen LogP contribution in [0.5, 0.6) is 0 Å². The molecule has 0 unspecified atom stereocenters. The minimum Gasteiger partial charge on any atom is -0.394 e. The number of aryl methyl sites for hydroxylation is 1. The highest BCUT2D eigenvalue weighted by Gasteiger charge is 2.27. The maximum Gasteiger partial charge on any atom is 0.317 e. The molecule has 2 amide bonds. The first-order valence-electron chi connectivity index (χ1n) is 6.41. The molecule has 1 aromatic rings. The molecule has 0 radical (unpaired) electrons. The summed E-state index contributed by atoms with van der Waals surface area (Å²) in [5, 5.41) is 12.1. The highest BCUT2D eigenvalue weighted by molar-refractivity contribution is 5.74. The second-order valence-electron chi connectivity index (χ2n) is 4.82. The number of carbonyl (C=O) groups excluding carboxylic acids is 1. The van der Waals surface area contributed by atoms with Crippen molar-refractivity contribution in [1.82, 2.24) is 10.2 Å². The van der Waals surface area contributed by atoms with Gasteiger partial charge in [0.1, 0.15) is 0 Å². The fourth-order valence-electron chi connectivity index (χ4n) is 2.28. The van der Waals surface area contributed by atoms with Crippen molar-refractivity contribution in [3.63, 3.8) is 0 Å². The number of nitrogens with zero attached hydrogens (tertiary/aromatic N) is 1. The lowest BCUT2D eigenvalue weighted by Gasteiger charge is -2.23. The van der Waals surface area contributed by atoms with Gasteiger partial charge in [-0.1, -0.05) is 29.8 Å². The average molecular weight is 248 g/mol. The van der Waals surface area contributed by atoms with Gasteiger partial charge in [0.2, 0.25) is 0 Å². The van der Waals surface area contributed by atoms with Crippen LogP contribution in [-0.2, 0) is 6.54 Å². The standard InChI is InChI=1S/C14H20N2O2/c1-11-4-6-12(7-5-11)9-15-14(18)16-8-2-3-13(16)10-17/h4-7,13,17H,2-3,8-10H2,1H3,(H,15,18)/t13-/m1/s1. The number of aliphatic hydroxyl groups is 1. The SMILES string of the molecule is Cc1ccc(CNC(=O)N2CCC[C@@H]2CO)cc1. The zero-order chi connectivity index (χ0) is 13.0. The Balaban J connectivity index is 1.86. The van der Waals surface area contributed by atoms with E-state index in [-0.39, 0.29) is 18.7 Å². The van der Waals surface area contributed by atoms with Crippen molar-refractivity contribution in [2.75, 3.05) is 13.2 Å². The van der Waals surface area contributed by atoms with Crippen LogP contribution < -0.4 is 5.32 Å². The van der Waals surface area contributed by atoms with E-state index in [1.54, 1.807) is 4.90 Å². The second kappa shape index (κ2) is 5.87. The minimum atomic E-state index is -0.0767. The third kappa shape index (κ3) is 3.01. The minimum absolute atomic E-state index is 0.0111. The quantitative estimate of drug-likeness (QED) is 0.854. The summed E-state index contributed by atoms with van der Waals surface area (Å²) in [6.07, 6.45) is 1.87. The molecule has 18 heavy (non-hydrogen) atoms. The van der Waals surface area contributed by atoms with Gasteiger partial charge in [0.05, 0.1) is 12.6 Å². The smallest absolute Gasteiger partial charge is 0.317 e. The Bertz CT molecular complexity index is 403. The molecule has 1 saturated heterocycles.